The van der Waals surface area contributed by atoms with E-state index in [2.05, 4.69) is 20.8 Å². The van der Waals surface area contributed by atoms with Crippen molar-refractivity contribution >= 4 is 17.7 Å². The van der Waals surface area contributed by atoms with Gasteiger partial charge in [-0.25, -0.2) is 18.0 Å². The minimum Gasteiger partial charge on any atom is -0.465 e. The monoisotopic (exact) mass is 623 g/mol. The quantitative estimate of drug-likeness (QED) is 0.198. The van der Waals surface area contributed by atoms with E-state index < -0.39 is 35.4 Å². The maximum atomic E-state index is 14.9. The molecule has 0 unspecified atom stereocenters. The number of anilines is 1. The molecule has 2 aromatic heterocycles. The van der Waals surface area contributed by atoms with Gasteiger partial charge in [-0.3, -0.25) is 14.7 Å². The van der Waals surface area contributed by atoms with Gasteiger partial charge in [0.2, 0.25) is 5.91 Å². The molecule has 45 heavy (non-hydrogen) atoms. The number of aromatic nitrogens is 2. The smallest absolute Gasteiger partial charge is 0.407 e. The lowest BCUT2D eigenvalue weighted by Gasteiger charge is -2.33. The summed E-state index contributed by atoms with van der Waals surface area (Å²) >= 11 is 0. The molecule has 1 saturated heterocycles. The summed E-state index contributed by atoms with van der Waals surface area (Å²) in [6.45, 7) is 0.906. The molecule has 0 radical (unpaired) electrons. The van der Waals surface area contributed by atoms with Crippen molar-refractivity contribution in [3.05, 3.63) is 113 Å². The number of carbonyl (C=O) groups excluding carboxylic acids is 1. The average Bonchev–Trinajstić information content (AvgIpc) is 3.54. The molecule has 10 nitrogen and oxygen atoms in total. The van der Waals surface area contributed by atoms with Crippen LogP contribution in [-0.4, -0.2) is 64.0 Å². The van der Waals surface area contributed by atoms with Gasteiger partial charge in [0.1, 0.15) is 17.5 Å². The molecule has 4 aromatic rings. The van der Waals surface area contributed by atoms with Crippen LogP contribution in [0.1, 0.15) is 41.2 Å². The molecule has 3 heterocycles. The number of pyridine rings is 1. The Bertz CT molecular complexity index is 1520. The fraction of sp³-hybridized carbons (Fsp3) is 0.312. The van der Waals surface area contributed by atoms with Crippen molar-refractivity contribution < 1.29 is 37.1 Å². The third kappa shape index (κ3) is 8.67. The second-order valence-electron chi connectivity index (χ2n) is 10.8. The highest BCUT2D eigenvalue weighted by atomic mass is 19.1. The summed E-state index contributed by atoms with van der Waals surface area (Å²) in [6.07, 6.45) is 3.15. The van der Waals surface area contributed by atoms with Gasteiger partial charge in [-0.2, -0.15) is 0 Å². The molecule has 5 rings (SSSR count). The summed E-state index contributed by atoms with van der Waals surface area (Å²) in [5.41, 5.74) is 1.83. The number of benzene rings is 2. The van der Waals surface area contributed by atoms with Crippen molar-refractivity contribution in [1.82, 2.24) is 20.4 Å². The Balaban J connectivity index is 1.18. The maximum absolute atomic E-state index is 14.9. The van der Waals surface area contributed by atoms with Crippen LogP contribution in [0.3, 0.4) is 0 Å². The summed E-state index contributed by atoms with van der Waals surface area (Å²) < 4.78 is 53.1. The predicted molar refractivity (Wildman–Crippen MR) is 157 cm³/mol. The number of carboxylic acid groups (broad SMARTS) is 1. The number of halogens is 3. The number of hydrogen-bond acceptors (Lipinski definition) is 7. The third-order valence-corrected chi connectivity index (χ3v) is 7.65. The maximum Gasteiger partial charge on any atom is 0.407 e. The first-order valence-electron chi connectivity index (χ1n) is 14.4. The fourth-order valence-corrected chi connectivity index (χ4v) is 5.29. The zero-order valence-corrected chi connectivity index (χ0v) is 24.2. The van der Waals surface area contributed by atoms with Crippen LogP contribution in [0.5, 0.6) is 0 Å². The molecule has 1 aliphatic heterocycles. The van der Waals surface area contributed by atoms with E-state index in [1.54, 1.807) is 30.3 Å². The van der Waals surface area contributed by atoms with Crippen LogP contribution in [0, 0.1) is 17.5 Å². The topological polar surface area (TPSA) is 130 Å². The lowest BCUT2D eigenvalue weighted by atomic mass is 9.88. The number of nitrogens with zero attached hydrogens (tertiary/aromatic N) is 3. The van der Waals surface area contributed by atoms with Crippen molar-refractivity contribution in [1.29, 1.82) is 0 Å². The van der Waals surface area contributed by atoms with Gasteiger partial charge in [-0.05, 0) is 48.2 Å². The Morgan fingerprint density at radius 2 is 1.71 bits per heavy atom. The fourth-order valence-electron chi connectivity index (χ4n) is 5.29. The molecule has 0 aliphatic carbocycles. The van der Waals surface area contributed by atoms with Crippen LogP contribution < -0.4 is 10.6 Å². The van der Waals surface area contributed by atoms with E-state index in [-0.39, 0.29) is 55.9 Å². The Kier molecular flexibility index (Phi) is 10.4. The van der Waals surface area contributed by atoms with Gasteiger partial charge in [-0.15, -0.1) is 0 Å². The molecule has 236 valence electrons. The highest BCUT2D eigenvalue weighted by molar-refractivity contribution is 5.92. The Morgan fingerprint density at radius 3 is 2.29 bits per heavy atom. The lowest BCUT2D eigenvalue weighted by molar-refractivity contribution is -0.116. The third-order valence-electron chi connectivity index (χ3n) is 7.65. The van der Waals surface area contributed by atoms with E-state index in [0.717, 1.165) is 6.20 Å². The number of morpholine rings is 1. The number of rotatable bonds is 12. The van der Waals surface area contributed by atoms with Gasteiger partial charge in [0, 0.05) is 43.1 Å². The van der Waals surface area contributed by atoms with Crippen molar-refractivity contribution in [3.63, 3.8) is 0 Å². The number of ether oxygens (including phenoxy) is 1. The molecular weight excluding hydrogens is 591 g/mol. The largest absolute Gasteiger partial charge is 0.465 e. The van der Waals surface area contributed by atoms with Gasteiger partial charge in [0.15, 0.2) is 5.76 Å². The molecule has 2 amide bonds. The average molecular weight is 624 g/mol. The molecule has 2 aromatic carbocycles. The first-order valence-corrected chi connectivity index (χ1v) is 14.4. The zero-order valence-electron chi connectivity index (χ0n) is 24.2. The molecule has 13 heteroatoms. The predicted octanol–water partition coefficient (Wildman–Crippen LogP) is 5.12. The van der Waals surface area contributed by atoms with E-state index in [4.69, 9.17) is 9.26 Å². The Labute approximate surface area is 257 Å². The molecule has 0 spiro atoms. The summed E-state index contributed by atoms with van der Waals surface area (Å²) in [7, 11) is 0. The molecule has 0 saturated carbocycles. The minimum atomic E-state index is -1.10. The number of carbonyl (C=O) groups is 2. The second kappa shape index (κ2) is 14.8. The zero-order chi connectivity index (χ0) is 31.8. The van der Waals surface area contributed by atoms with E-state index >= 15 is 0 Å². The second-order valence-corrected chi connectivity index (χ2v) is 10.8. The van der Waals surface area contributed by atoms with Crippen LogP contribution in [0.25, 0.3) is 0 Å². The number of nitrogens with one attached hydrogen (secondary N) is 2. The summed E-state index contributed by atoms with van der Waals surface area (Å²) in [4.78, 5) is 30.0. The lowest BCUT2D eigenvalue weighted by Crippen LogP contribution is -2.52. The van der Waals surface area contributed by atoms with Gasteiger partial charge in [-0.1, -0.05) is 29.4 Å². The van der Waals surface area contributed by atoms with Gasteiger partial charge >= 0.3 is 6.09 Å². The first kappa shape index (κ1) is 31.7. The number of hydrogen-bond donors (Lipinski definition) is 3. The molecule has 1 aliphatic rings. The van der Waals surface area contributed by atoms with E-state index in [9.17, 15) is 27.9 Å². The van der Waals surface area contributed by atoms with Crippen LogP contribution >= 0.6 is 0 Å². The van der Waals surface area contributed by atoms with Crippen LogP contribution in [0.15, 0.2) is 77.7 Å². The minimum absolute atomic E-state index is 0.0568. The van der Waals surface area contributed by atoms with Crippen molar-refractivity contribution in [2.75, 3.05) is 25.0 Å². The molecule has 0 bridgehead atoms. The molecule has 2 atom stereocenters. The van der Waals surface area contributed by atoms with Gasteiger partial charge < -0.3 is 25.0 Å². The van der Waals surface area contributed by atoms with Crippen LogP contribution in [0.2, 0.25) is 0 Å². The summed E-state index contributed by atoms with van der Waals surface area (Å²) in [6, 6.07) is 12.8. The molecule has 1 fully saturated rings. The van der Waals surface area contributed by atoms with Gasteiger partial charge in [0.25, 0.3) is 0 Å². The number of amides is 2. The van der Waals surface area contributed by atoms with E-state index in [0.29, 0.717) is 29.9 Å². The highest BCUT2D eigenvalue weighted by Crippen LogP contribution is 2.30. The standard InChI is InChI=1S/C32H32F3N5O5/c33-22-5-1-20(2-6-22)28(21-3-7-23(34)8-4-21)13-31(41)39-30-16-36-15-29(35)27(30)10-9-25-14-37-24(19-44-25)17-40(32(42)43)18-26-11-12-38-45-26/h1-8,11-12,15-16,24-25,28,37H,9-10,13-14,17-19H2,(H,39,41)(H,42,43)/t24-,25+/m0/s1. The van der Waals surface area contributed by atoms with Crippen molar-refractivity contribution in [2.24, 2.45) is 0 Å². The normalized spacial score (nSPS) is 16.4. The summed E-state index contributed by atoms with van der Waals surface area (Å²) in [5.74, 6) is -1.92. The Hall–Kier alpha value is -4.75. The Morgan fingerprint density at radius 1 is 1.02 bits per heavy atom. The van der Waals surface area contributed by atoms with Crippen molar-refractivity contribution in [3.8, 4) is 0 Å². The molecule has 3 N–H and O–H groups in total. The first-order chi connectivity index (χ1) is 21.7. The highest BCUT2D eigenvalue weighted by Gasteiger charge is 2.26. The van der Waals surface area contributed by atoms with Crippen LogP contribution in [-0.2, 0) is 22.5 Å². The van der Waals surface area contributed by atoms with E-state index in [1.807, 2.05) is 0 Å². The molecular formula is C32H32F3N5O5. The SMILES string of the molecule is O=C(CC(c1ccc(F)cc1)c1ccc(F)cc1)Nc1cncc(F)c1CC[C@@H]1CN[C@@H](CN(Cc2ccno2)C(=O)O)CO1. The van der Waals surface area contributed by atoms with Gasteiger partial charge in [0.05, 0.1) is 43.5 Å². The van der Waals surface area contributed by atoms with Crippen LogP contribution in [0.4, 0.5) is 23.7 Å². The van der Waals surface area contributed by atoms with Crippen molar-refractivity contribution in [2.45, 2.75) is 43.9 Å². The summed E-state index contributed by atoms with van der Waals surface area (Å²) in [5, 5.41) is 19.2. The van der Waals surface area contributed by atoms with E-state index in [1.165, 1.54) is 41.6 Å².